The van der Waals surface area contributed by atoms with Crippen molar-refractivity contribution < 1.29 is 38.5 Å². The van der Waals surface area contributed by atoms with Crippen LogP contribution < -0.4 is 24.8 Å². The monoisotopic (exact) mass is 599 g/mol. The highest BCUT2D eigenvalue weighted by Crippen LogP contribution is 2.37. The normalized spacial score (nSPS) is 16.0. The van der Waals surface area contributed by atoms with E-state index in [1.54, 1.807) is 24.3 Å². The first-order valence-corrected chi connectivity index (χ1v) is 14.2. The van der Waals surface area contributed by atoms with E-state index in [2.05, 4.69) is 17.2 Å². The molecular weight excluding hydrogens is 566 g/mol. The summed E-state index contributed by atoms with van der Waals surface area (Å²) in [6, 6.07) is 12.9. The lowest BCUT2D eigenvalue weighted by molar-refractivity contribution is -0.123. The third-order valence-corrected chi connectivity index (χ3v) is 7.42. The summed E-state index contributed by atoms with van der Waals surface area (Å²) in [6.07, 6.45) is 2.35. The first kappa shape index (κ1) is 30.3. The van der Waals surface area contributed by atoms with Crippen molar-refractivity contribution in [2.45, 2.75) is 13.0 Å². The molecule has 0 spiro atoms. The second-order valence-electron chi connectivity index (χ2n) is 10.4. The maximum atomic E-state index is 13.6. The summed E-state index contributed by atoms with van der Waals surface area (Å²) >= 11 is 0. The Kier molecular flexibility index (Phi) is 9.25. The number of benzene rings is 3. The molecule has 0 aromatic heterocycles. The molecule has 44 heavy (non-hydrogen) atoms. The number of nitrogens with zero attached hydrogens (tertiary/aromatic N) is 1. The number of phenols is 1. The molecule has 1 aliphatic heterocycles. The minimum atomic E-state index is -0.490. The second-order valence-corrected chi connectivity index (χ2v) is 10.4. The Balaban J connectivity index is 1.40. The molecule has 2 aliphatic rings. The summed E-state index contributed by atoms with van der Waals surface area (Å²) in [7, 11) is 1.48. The van der Waals surface area contributed by atoms with Crippen LogP contribution in [0.25, 0.3) is 0 Å². The van der Waals surface area contributed by atoms with Crippen LogP contribution in [0.15, 0.2) is 61.2 Å². The van der Waals surface area contributed by atoms with E-state index in [1.165, 1.54) is 31.4 Å². The summed E-state index contributed by atoms with van der Waals surface area (Å²) in [6.45, 7) is 4.60. The molecule has 3 aromatic rings. The topological polar surface area (TPSA) is 144 Å². The Morgan fingerprint density at radius 1 is 0.886 bits per heavy atom. The number of hydrogen-bond donors (Lipinski definition) is 3. The molecule has 0 atom stereocenters. The molecule has 0 radical (unpaired) electrons. The number of amides is 2. The number of hydrogen-bond acceptors (Lipinski definition) is 9. The predicted molar refractivity (Wildman–Crippen MR) is 161 cm³/mol. The smallest absolute Gasteiger partial charge is 0.257 e. The highest BCUT2D eigenvalue weighted by Gasteiger charge is 2.35. The highest BCUT2D eigenvalue weighted by atomic mass is 16.5. The number of nitrogens with one attached hydrogen (secondary N) is 2. The van der Waals surface area contributed by atoms with E-state index in [1.807, 2.05) is 11.0 Å². The molecule has 11 heteroatoms. The zero-order valence-electron chi connectivity index (χ0n) is 24.3. The molecule has 0 fully saturated rings. The van der Waals surface area contributed by atoms with Gasteiger partial charge in [0.15, 0.2) is 30.5 Å². The van der Waals surface area contributed by atoms with Gasteiger partial charge < -0.3 is 30.0 Å². The molecule has 3 N–H and O–H groups in total. The molecule has 0 unspecified atom stereocenters. The zero-order chi connectivity index (χ0) is 31.2. The molecule has 228 valence electrons. The standard InChI is InChI=1S/C33H33N3O8/c1-3-6-20-15-21(31(39)26(16-20)42-2)17-36-13-11-34-27(37)18-43-24-9-4-7-22-29(24)33(41)30-23(32(22)40)8-5-10-25(30)44-19-28(38)35-12-14-36/h3-5,7-10,15-16,39H,1,6,11-14,17-19H2,2H3,(H,34,37)(H,35,38). The lowest BCUT2D eigenvalue weighted by Crippen LogP contribution is -2.41. The quantitative estimate of drug-likeness (QED) is 0.295. The largest absolute Gasteiger partial charge is 0.504 e. The van der Waals surface area contributed by atoms with Crippen molar-refractivity contribution in [1.29, 1.82) is 0 Å². The van der Waals surface area contributed by atoms with Crippen molar-refractivity contribution in [3.63, 3.8) is 0 Å². The fraction of sp³-hybridized carbons (Fsp3) is 0.273. The molecule has 11 nitrogen and oxygen atoms in total. The van der Waals surface area contributed by atoms with Gasteiger partial charge in [0.25, 0.3) is 11.8 Å². The number of ketones is 2. The van der Waals surface area contributed by atoms with Crippen molar-refractivity contribution in [3.8, 4) is 23.0 Å². The van der Waals surface area contributed by atoms with Crippen LogP contribution in [0.5, 0.6) is 23.0 Å². The minimum Gasteiger partial charge on any atom is -0.504 e. The van der Waals surface area contributed by atoms with E-state index >= 15 is 0 Å². The van der Waals surface area contributed by atoms with Gasteiger partial charge in [-0.1, -0.05) is 36.4 Å². The van der Waals surface area contributed by atoms with Gasteiger partial charge in [0.2, 0.25) is 5.78 Å². The van der Waals surface area contributed by atoms with Gasteiger partial charge in [0, 0.05) is 49.4 Å². The summed E-state index contributed by atoms with van der Waals surface area (Å²) in [5, 5.41) is 16.4. The number of ether oxygens (including phenoxy) is 3. The van der Waals surface area contributed by atoms with Gasteiger partial charge in [-0.25, -0.2) is 0 Å². The number of phenolic OH excluding ortho intramolecular Hbond substituents is 1. The minimum absolute atomic E-state index is 0.0141. The van der Waals surface area contributed by atoms with E-state index in [9.17, 15) is 24.3 Å². The van der Waals surface area contributed by atoms with Crippen molar-refractivity contribution in [3.05, 3.63) is 94.6 Å². The number of allylic oxidation sites excluding steroid dienone is 1. The Morgan fingerprint density at radius 2 is 1.45 bits per heavy atom. The molecule has 3 aromatic carbocycles. The van der Waals surface area contributed by atoms with Gasteiger partial charge in [-0.3, -0.25) is 24.1 Å². The molecule has 1 aliphatic carbocycles. The molecule has 5 rings (SSSR count). The van der Waals surface area contributed by atoms with Gasteiger partial charge in [-0.15, -0.1) is 6.58 Å². The number of carbonyl (C=O) groups excluding carboxylic acids is 4. The first-order chi connectivity index (χ1) is 21.3. The number of methoxy groups -OCH3 is 1. The van der Waals surface area contributed by atoms with Crippen molar-refractivity contribution in [2.24, 2.45) is 0 Å². The van der Waals surface area contributed by atoms with Gasteiger partial charge >= 0.3 is 0 Å². The van der Waals surface area contributed by atoms with Crippen LogP contribution in [0.2, 0.25) is 0 Å². The van der Waals surface area contributed by atoms with Gasteiger partial charge in [0.1, 0.15) is 11.5 Å². The molecule has 0 saturated heterocycles. The fourth-order valence-electron chi connectivity index (χ4n) is 5.32. The van der Waals surface area contributed by atoms with Crippen LogP contribution in [0.3, 0.4) is 0 Å². The predicted octanol–water partition coefficient (Wildman–Crippen LogP) is 2.41. The Labute approximate surface area is 254 Å². The van der Waals surface area contributed by atoms with Crippen molar-refractivity contribution >= 4 is 23.4 Å². The second kappa shape index (κ2) is 13.4. The van der Waals surface area contributed by atoms with Crippen LogP contribution >= 0.6 is 0 Å². The van der Waals surface area contributed by atoms with E-state index in [4.69, 9.17) is 14.2 Å². The fourth-order valence-corrected chi connectivity index (χ4v) is 5.32. The van der Waals surface area contributed by atoms with Crippen LogP contribution in [0.1, 0.15) is 43.0 Å². The summed E-state index contributed by atoms with van der Waals surface area (Å²) in [5.41, 5.74) is 1.96. The third-order valence-electron chi connectivity index (χ3n) is 7.42. The average Bonchev–Trinajstić information content (AvgIpc) is 3.02. The maximum absolute atomic E-state index is 13.6. The lowest BCUT2D eigenvalue weighted by atomic mass is 9.83. The number of aromatic hydroxyl groups is 1. The van der Waals surface area contributed by atoms with Crippen LogP contribution in [0, 0.1) is 0 Å². The van der Waals surface area contributed by atoms with E-state index < -0.39 is 17.6 Å². The summed E-state index contributed by atoms with van der Waals surface area (Å²) in [5.74, 6) is -1.16. The van der Waals surface area contributed by atoms with Crippen molar-refractivity contribution in [2.75, 3.05) is 46.5 Å². The van der Waals surface area contributed by atoms with E-state index in [-0.39, 0.29) is 71.6 Å². The lowest BCUT2D eigenvalue weighted by Gasteiger charge is -2.25. The molecular formula is C33H33N3O8. The molecule has 2 bridgehead atoms. The third kappa shape index (κ3) is 6.42. The summed E-state index contributed by atoms with van der Waals surface area (Å²) in [4.78, 5) is 54.4. The average molecular weight is 600 g/mol. The van der Waals surface area contributed by atoms with E-state index in [0.29, 0.717) is 37.4 Å². The zero-order valence-corrected chi connectivity index (χ0v) is 24.3. The number of rotatable bonds is 5. The van der Waals surface area contributed by atoms with E-state index in [0.717, 1.165) is 5.56 Å². The molecule has 2 amide bonds. The van der Waals surface area contributed by atoms with Gasteiger partial charge in [0.05, 0.1) is 18.2 Å². The molecule has 0 saturated carbocycles. The summed E-state index contributed by atoms with van der Waals surface area (Å²) < 4.78 is 16.9. The maximum Gasteiger partial charge on any atom is 0.257 e. The van der Waals surface area contributed by atoms with Gasteiger partial charge in [-0.05, 0) is 30.2 Å². The SMILES string of the molecule is C=CCc1cc(CN2CCNC(=O)COc3cccc4c3C(=O)c3c(cccc3C4=O)OCC(=O)NCC2)c(O)c(OC)c1. The molecule has 1 heterocycles. The van der Waals surface area contributed by atoms with Crippen LogP contribution in [-0.2, 0) is 22.6 Å². The Hall–Kier alpha value is -5.16. The number of carbonyl (C=O) groups is 4. The van der Waals surface area contributed by atoms with Gasteiger partial charge in [-0.2, -0.15) is 0 Å². The first-order valence-electron chi connectivity index (χ1n) is 14.2. The van der Waals surface area contributed by atoms with Crippen LogP contribution in [-0.4, -0.2) is 79.9 Å². The van der Waals surface area contributed by atoms with Crippen molar-refractivity contribution in [1.82, 2.24) is 15.5 Å². The Morgan fingerprint density at radius 3 is 1.98 bits per heavy atom. The highest BCUT2D eigenvalue weighted by molar-refractivity contribution is 6.30. The Bertz CT molecular complexity index is 1550. The van der Waals surface area contributed by atoms with Crippen LogP contribution in [0.4, 0.5) is 0 Å².